The summed E-state index contributed by atoms with van der Waals surface area (Å²) in [6, 6.07) is 0.307. The average Bonchev–Trinajstić information content (AvgIpc) is 2.73. The molecule has 0 spiro atoms. The van der Waals surface area contributed by atoms with Crippen LogP contribution in [-0.4, -0.2) is 40.6 Å². The molecule has 0 saturated heterocycles. The number of methoxy groups -OCH3 is 1. The highest BCUT2D eigenvalue weighted by atomic mass is 16.5. The molecule has 0 aliphatic heterocycles. The summed E-state index contributed by atoms with van der Waals surface area (Å²) >= 11 is 0. The van der Waals surface area contributed by atoms with E-state index in [4.69, 9.17) is 4.74 Å². The quantitative estimate of drug-likeness (QED) is 0.815. The van der Waals surface area contributed by atoms with E-state index in [9.17, 15) is 0 Å². The molecule has 108 valence electrons. The van der Waals surface area contributed by atoms with Crippen molar-refractivity contribution in [1.29, 1.82) is 0 Å². The Morgan fingerprint density at radius 2 is 2.21 bits per heavy atom. The van der Waals surface area contributed by atoms with Crippen LogP contribution in [0.4, 0.5) is 0 Å². The van der Waals surface area contributed by atoms with Gasteiger partial charge in [0.05, 0.1) is 5.60 Å². The summed E-state index contributed by atoms with van der Waals surface area (Å²) in [6.07, 6.45) is 6.05. The van der Waals surface area contributed by atoms with Gasteiger partial charge in [0, 0.05) is 26.1 Å². The van der Waals surface area contributed by atoms with E-state index < -0.39 is 0 Å². The normalized spacial score (nSPS) is 19.4. The van der Waals surface area contributed by atoms with Gasteiger partial charge >= 0.3 is 0 Å². The van der Waals surface area contributed by atoms with Gasteiger partial charge in [-0.25, -0.2) is 9.67 Å². The van der Waals surface area contributed by atoms with Gasteiger partial charge in [-0.2, -0.15) is 5.10 Å². The van der Waals surface area contributed by atoms with Crippen molar-refractivity contribution in [3.8, 4) is 0 Å². The van der Waals surface area contributed by atoms with E-state index in [0.29, 0.717) is 12.0 Å². The summed E-state index contributed by atoms with van der Waals surface area (Å²) in [4.78, 5) is 4.42. The van der Waals surface area contributed by atoms with Crippen LogP contribution in [0.5, 0.6) is 0 Å². The second-order valence-electron chi connectivity index (χ2n) is 5.92. The van der Waals surface area contributed by atoms with E-state index in [1.165, 1.54) is 6.42 Å². The van der Waals surface area contributed by atoms with Crippen LogP contribution in [0, 0.1) is 5.92 Å². The van der Waals surface area contributed by atoms with Crippen molar-refractivity contribution >= 4 is 0 Å². The molecular formula is C14H26N4O. The van der Waals surface area contributed by atoms with Crippen LogP contribution in [0.3, 0.4) is 0 Å². The second kappa shape index (κ2) is 6.01. The van der Waals surface area contributed by atoms with Crippen LogP contribution in [0.15, 0.2) is 6.33 Å². The minimum atomic E-state index is -0.0106. The molecule has 1 aromatic heterocycles. The van der Waals surface area contributed by atoms with E-state index in [2.05, 4.69) is 29.2 Å². The largest absolute Gasteiger partial charge is 0.377 e. The van der Waals surface area contributed by atoms with Gasteiger partial charge in [0.25, 0.3) is 0 Å². The summed E-state index contributed by atoms with van der Waals surface area (Å²) in [7, 11) is 3.83. The Morgan fingerprint density at radius 3 is 2.68 bits per heavy atom. The lowest BCUT2D eigenvalue weighted by atomic mass is 9.73. The number of rotatable bonds is 7. The first kappa shape index (κ1) is 14.5. The van der Waals surface area contributed by atoms with Gasteiger partial charge in [-0.15, -0.1) is 0 Å². The molecule has 1 N–H and O–H groups in total. The summed E-state index contributed by atoms with van der Waals surface area (Å²) in [5.74, 6) is 1.63. The van der Waals surface area contributed by atoms with Gasteiger partial charge in [-0.05, 0) is 32.2 Å². The Kier molecular flexibility index (Phi) is 4.58. The zero-order valence-corrected chi connectivity index (χ0v) is 12.5. The monoisotopic (exact) mass is 266 g/mol. The Bertz CT molecular complexity index is 392. The van der Waals surface area contributed by atoms with Crippen molar-refractivity contribution < 1.29 is 4.74 Å². The number of ether oxygens (including phenoxy) is 1. The second-order valence-corrected chi connectivity index (χ2v) is 5.92. The van der Waals surface area contributed by atoms with Gasteiger partial charge in [0.2, 0.25) is 0 Å². The van der Waals surface area contributed by atoms with Crippen LogP contribution < -0.4 is 5.32 Å². The molecular weight excluding hydrogens is 240 g/mol. The highest BCUT2D eigenvalue weighted by molar-refractivity contribution is 5.04. The zero-order chi connectivity index (χ0) is 13.9. The fourth-order valence-corrected chi connectivity index (χ4v) is 2.90. The Hall–Kier alpha value is -0.940. The van der Waals surface area contributed by atoms with Crippen molar-refractivity contribution in [1.82, 2.24) is 20.1 Å². The van der Waals surface area contributed by atoms with E-state index >= 15 is 0 Å². The third kappa shape index (κ3) is 2.98. The van der Waals surface area contributed by atoms with Gasteiger partial charge in [-0.3, -0.25) is 0 Å². The third-order valence-corrected chi connectivity index (χ3v) is 4.21. The number of nitrogens with zero attached hydrogens (tertiary/aromatic N) is 3. The fraction of sp³-hybridized carbons (Fsp3) is 0.857. The topological polar surface area (TPSA) is 52.0 Å². The first-order chi connectivity index (χ1) is 9.11. The molecule has 1 heterocycles. The minimum Gasteiger partial charge on any atom is -0.377 e. The number of likely N-dealkylation sites (N-methyl/N-ethyl adjacent to an activating group) is 1. The lowest BCUT2D eigenvalue weighted by Gasteiger charge is -2.46. The number of hydrogen-bond donors (Lipinski definition) is 1. The predicted molar refractivity (Wildman–Crippen MR) is 75.0 cm³/mol. The SMILES string of the molecule is CNC(Cc1ncnn1CC(C)C)C1(OC)CCC1. The molecule has 1 aliphatic carbocycles. The molecule has 0 radical (unpaired) electrons. The van der Waals surface area contributed by atoms with E-state index in [0.717, 1.165) is 31.6 Å². The summed E-state index contributed by atoms with van der Waals surface area (Å²) in [5.41, 5.74) is -0.0106. The van der Waals surface area contributed by atoms with E-state index in [-0.39, 0.29) is 5.60 Å². The van der Waals surface area contributed by atoms with E-state index in [1.54, 1.807) is 6.33 Å². The summed E-state index contributed by atoms with van der Waals surface area (Å²) in [5, 5.41) is 7.74. The summed E-state index contributed by atoms with van der Waals surface area (Å²) in [6.45, 7) is 5.32. The van der Waals surface area contributed by atoms with Crippen molar-refractivity contribution in [2.75, 3.05) is 14.2 Å². The lowest BCUT2D eigenvalue weighted by molar-refractivity contribution is -0.0971. The van der Waals surface area contributed by atoms with Gasteiger partial charge in [-0.1, -0.05) is 13.8 Å². The fourth-order valence-electron chi connectivity index (χ4n) is 2.90. The lowest BCUT2D eigenvalue weighted by Crippen LogP contribution is -2.56. The Balaban J connectivity index is 2.08. The van der Waals surface area contributed by atoms with Gasteiger partial charge in [0.1, 0.15) is 12.2 Å². The Labute approximate surface area is 115 Å². The predicted octanol–water partition coefficient (Wildman–Crippen LogP) is 1.63. The van der Waals surface area contributed by atoms with Crippen molar-refractivity contribution in [3.63, 3.8) is 0 Å². The van der Waals surface area contributed by atoms with Crippen LogP contribution in [-0.2, 0) is 17.7 Å². The standard InChI is InChI=1S/C14H26N4O/c1-11(2)9-18-13(16-10-17-18)8-12(15-3)14(19-4)6-5-7-14/h10-12,15H,5-9H2,1-4H3. The Morgan fingerprint density at radius 1 is 1.47 bits per heavy atom. The van der Waals surface area contributed by atoms with Crippen LogP contribution in [0.1, 0.15) is 38.9 Å². The molecule has 2 rings (SSSR count). The first-order valence-electron chi connectivity index (χ1n) is 7.20. The maximum absolute atomic E-state index is 5.78. The summed E-state index contributed by atoms with van der Waals surface area (Å²) < 4.78 is 7.80. The molecule has 5 heteroatoms. The highest BCUT2D eigenvalue weighted by Crippen LogP contribution is 2.38. The zero-order valence-electron chi connectivity index (χ0n) is 12.5. The average molecular weight is 266 g/mol. The smallest absolute Gasteiger partial charge is 0.138 e. The number of hydrogen-bond acceptors (Lipinski definition) is 4. The molecule has 19 heavy (non-hydrogen) atoms. The van der Waals surface area contributed by atoms with Crippen molar-refractivity contribution in [2.24, 2.45) is 5.92 Å². The number of aromatic nitrogens is 3. The molecule has 1 aliphatic rings. The van der Waals surface area contributed by atoms with Crippen molar-refractivity contribution in [3.05, 3.63) is 12.2 Å². The maximum atomic E-state index is 5.78. The molecule has 1 saturated carbocycles. The van der Waals surface area contributed by atoms with Gasteiger partial charge < -0.3 is 10.1 Å². The van der Waals surface area contributed by atoms with Gasteiger partial charge in [0.15, 0.2) is 0 Å². The van der Waals surface area contributed by atoms with E-state index in [1.807, 2.05) is 18.8 Å². The molecule has 5 nitrogen and oxygen atoms in total. The van der Waals surface area contributed by atoms with Crippen LogP contribution in [0.2, 0.25) is 0 Å². The molecule has 0 amide bonds. The molecule has 1 aromatic rings. The van der Waals surface area contributed by atoms with Crippen LogP contribution in [0.25, 0.3) is 0 Å². The molecule has 1 atom stereocenters. The molecule has 0 aromatic carbocycles. The molecule has 1 unspecified atom stereocenters. The van der Waals surface area contributed by atoms with Crippen molar-refractivity contribution in [2.45, 2.75) is 57.7 Å². The highest BCUT2D eigenvalue weighted by Gasteiger charge is 2.44. The maximum Gasteiger partial charge on any atom is 0.138 e. The van der Waals surface area contributed by atoms with Crippen LogP contribution >= 0.6 is 0 Å². The minimum absolute atomic E-state index is 0.0106. The third-order valence-electron chi connectivity index (χ3n) is 4.21. The molecule has 0 bridgehead atoms. The number of nitrogens with one attached hydrogen (secondary N) is 1. The molecule has 1 fully saturated rings. The first-order valence-corrected chi connectivity index (χ1v) is 7.20.